The maximum absolute atomic E-state index is 14.1. The van der Waals surface area contributed by atoms with Crippen LogP contribution in [0.2, 0.25) is 0 Å². The third kappa shape index (κ3) is 7.96. The summed E-state index contributed by atoms with van der Waals surface area (Å²) in [5.74, 6) is -1.64. The fourth-order valence-electron chi connectivity index (χ4n) is 3.53. The van der Waals surface area contributed by atoms with Crippen molar-refractivity contribution < 1.29 is 23.5 Å². The minimum Gasteiger partial charge on any atom is -0.489 e. The number of amides is 3. The molecule has 35 heavy (non-hydrogen) atoms. The number of rotatable bonds is 11. The Morgan fingerprint density at radius 1 is 0.829 bits per heavy atom. The number of benzene rings is 3. The summed E-state index contributed by atoms with van der Waals surface area (Å²) < 4.78 is 19.9. The van der Waals surface area contributed by atoms with Crippen molar-refractivity contribution in [1.82, 2.24) is 10.6 Å². The van der Waals surface area contributed by atoms with Gasteiger partial charge in [0.05, 0.1) is 0 Å². The van der Waals surface area contributed by atoms with Gasteiger partial charge >= 0.3 is 0 Å². The molecule has 0 aromatic heterocycles. The molecule has 0 aliphatic rings. The first-order valence-electron chi connectivity index (χ1n) is 11.2. The monoisotopic (exact) mass is 477 g/mol. The van der Waals surface area contributed by atoms with Crippen LogP contribution >= 0.6 is 0 Å². The van der Waals surface area contributed by atoms with Crippen LogP contribution in [0.25, 0.3) is 0 Å². The molecule has 0 fully saturated rings. The Morgan fingerprint density at radius 2 is 1.49 bits per heavy atom. The molecule has 0 radical (unpaired) electrons. The fraction of sp³-hybridized carbons (Fsp3) is 0.222. The van der Waals surface area contributed by atoms with Crippen LogP contribution in [0.3, 0.4) is 0 Å². The molecular formula is C27H28FN3O4. The summed E-state index contributed by atoms with van der Waals surface area (Å²) in [7, 11) is 0. The second kappa shape index (κ2) is 12.3. The highest BCUT2D eigenvalue weighted by Crippen LogP contribution is 2.16. The summed E-state index contributed by atoms with van der Waals surface area (Å²) >= 11 is 0. The van der Waals surface area contributed by atoms with Gasteiger partial charge in [-0.1, -0.05) is 60.7 Å². The van der Waals surface area contributed by atoms with Gasteiger partial charge in [-0.2, -0.15) is 0 Å². The van der Waals surface area contributed by atoms with Gasteiger partial charge in [0.2, 0.25) is 17.7 Å². The van der Waals surface area contributed by atoms with E-state index in [0.29, 0.717) is 12.4 Å². The third-order valence-corrected chi connectivity index (χ3v) is 5.35. The van der Waals surface area contributed by atoms with Crippen LogP contribution in [0.5, 0.6) is 5.75 Å². The number of ether oxygens (including phenoxy) is 1. The van der Waals surface area contributed by atoms with E-state index >= 15 is 0 Å². The molecule has 0 saturated heterocycles. The van der Waals surface area contributed by atoms with Gasteiger partial charge in [-0.3, -0.25) is 14.4 Å². The normalized spacial score (nSPS) is 12.3. The van der Waals surface area contributed by atoms with E-state index in [-0.39, 0.29) is 18.4 Å². The van der Waals surface area contributed by atoms with Crippen LogP contribution in [0, 0.1) is 5.82 Å². The van der Waals surface area contributed by atoms with Gasteiger partial charge in [-0.15, -0.1) is 0 Å². The summed E-state index contributed by atoms with van der Waals surface area (Å²) in [5, 5.41) is 5.10. The van der Waals surface area contributed by atoms with E-state index in [4.69, 9.17) is 10.5 Å². The maximum Gasteiger partial charge on any atom is 0.243 e. The Hall–Kier alpha value is -4.20. The predicted octanol–water partition coefficient (Wildman–Crippen LogP) is 2.66. The average Bonchev–Trinajstić information content (AvgIpc) is 2.84. The van der Waals surface area contributed by atoms with E-state index in [1.807, 2.05) is 30.3 Å². The molecule has 7 nitrogen and oxygen atoms in total. The van der Waals surface area contributed by atoms with Crippen molar-refractivity contribution in [3.63, 3.8) is 0 Å². The summed E-state index contributed by atoms with van der Waals surface area (Å²) in [6, 6.07) is 20.8. The molecule has 0 aliphatic heterocycles. The zero-order valence-electron chi connectivity index (χ0n) is 19.4. The van der Waals surface area contributed by atoms with Crippen LogP contribution in [0.15, 0.2) is 78.9 Å². The number of primary amides is 1. The zero-order chi connectivity index (χ0) is 25.2. The zero-order valence-corrected chi connectivity index (χ0v) is 19.4. The van der Waals surface area contributed by atoms with Crippen molar-refractivity contribution in [2.45, 2.75) is 38.5 Å². The molecule has 0 unspecified atom stereocenters. The number of carbonyl (C=O) groups excluding carboxylic acids is 3. The Balaban J connectivity index is 1.63. The van der Waals surface area contributed by atoms with Gasteiger partial charge in [0.25, 0.3) is 0 Å². The van der Waals surface area contributed by atoms with Gasteiger partial charge in [0, 0.05) is 19.8 Å². The molecule has 3 aromatic rings. The molecule has 0 aliphatic carbocycles. The molecule has 182 valence electrons. The Bertz CT molecular complexity index is 1150. The van der Waals surface area contributed by atoms with Crippen molar-refractivity contribution in [1.29, 1.82) is 0 Å². The van der Waals surface area contributed by atoms with E-state index in [9.17, 15) is 18.8 Å². The smallest absolute Gasteiger partial charge is 0.243 e. The molecule has 2 atom stereocenters. The van der Waals surface area contributed by atoms with Crippen LogP contribution in [0.4, 0.5) is 4.39 Å². The molecule has 0 bridgehead atoms. The largest absolute Gasteiger partial charge is 0.489 e. The lowest BCUT2D eigenvalue weighted by atomic mass is 10.0. The molecule has 3 rings (SSSR count). The van der Waals surface area contributed by atoms with Crippen LogP contribution < -0.4 is 21.1 Å². The van der Waals surface area contributed by atoms with Crippen molar-refractivity contribution in [2.75, 3.05) is 0 Å². The van der Waals surface area contributed by atoms with Crippen LogP contribution in [0.1, 0.15) is 23.6 Å². The number of hydrogen-bond acceptors (Lipinski definition) is 4. The Labute approximate surface area is 203 Å². The van der Waals surface area contributed by atoms with Crippen molar-refractivity contribution in [3.05, 3.63) is 101 Å². The predicted molar refractivity (Wildman–Crippen MR) is 130 cm³/mol. The van der Waals surface area contributed by atoms with E-state index < -0.39 is 35.6 Å². The van der Waals surface area contributed by atoms with Gasteiger partial charge in [-0.05, 0) is 34.9 Å². The molecular weight excluding hydrogens is 449 g/mol. The number of halogens is 1. The minimum absolute atomic E-state index is 0.0724. The fourth-order valence-corrected chi connectivity index (χ4v) is 3.53. The van der Waals surface area contributed by atoms with Gasteiger partial charge in [0.1, 0.15) is 30.3 Å². The van der Waals surface area contributed by atoms with E-state index in [1.54, 1.807) is 30.3 Å². The van der Waals surface area contributed by atoms with E-state index in [1.165, 1.54) is 25.1 Å². The summed E-state index contributed by atoms with van der Waals surface area (Å²) in [4.78, 5) is 36.6. The van der Waals surface area contributed by atoms with Crippen molar-refractivity contribution >= 4 is 17.7 Å². The highest BCUT2D eigenvalue weighted by molar-refractivity contribution is 5.91. The van der Waals surface area contributed by atoms with Gasteiger partial charge in [-0.25, -0.2) is 4.39 Å². The first-order chi connectivity index (χ1) is 16.8. The number of hydrogen-bond donors (Lipinski definition) is 3. The summed E-state index contributed by atoms with van der Waals surface area (Å²) in [6.45, 7) is 1.68. The maximum atomic E-state index is 14.1. The molecule has 0 heterocycles. The number of carbonyl (C=O) groups is 3. The lowest BCUT2D eigenvalue weighted by Crippen LogP contribution is -2.54. The SMILES string of the molecule is CC(=O)N[C@@H](Cc1ccccc1F)C(=O)N[C@H](Cc1ccc(OCc2ccccc2)cc1)C(N)=O. The molecule has 0 spiro atoms. The second-order valence-corrected chi connectivity index (χ2v) is 8.13. The third-order valence-electron chi connectivity index (χ3n) is 5.35. The highest BCUT2D eigenvalue weighted by Gasteiger charge is 2.26. The van der Waals surface area contributed by atoms with Crippen molar-refractivity contribution in [2.24, 2.45) is 5.73 Å². The van der Waals surface area contributed by atoms with Crippen LogP contribution in [-0.2, 0) is 33.8 Å². The first-order valence-corrected chi connectivity index (χ1v) is 11.2. The molecule has 3 aromatic carbocycles. The lowest BCUT2D eigenvalue weighted by molar-refractivity contribution is -0.130. The molecule has 8 heteroatoms. The summed E-state index contributed by atoms with van der Waals surface area (Å²) in [5.41, 5.74) is 7.59. The lowest BCUT2D eigenvalue weighted by Gasteiger charge is -2.22. The van der Waals surface area contributed by atoms with Gasteiger partial charge < -0.3 is 21.1 Å². The topological polar surface area (TPSA) is 111 Å². The standard InChI is InChI=1S/C27H28FN3O4/c1-18(32)30-25(16-21-9-5-6-10-23(21)28)27(34)31-24(26(29)33)15-19-11-13-22(14-12-19)35-17-20-7-3-2-4-8-20/h2-14,24-25H,15-17H2,1H3,(H2,29,33)(H,30,32)(H,31,34)/t24-,25+/m1/s1. The van der Waals surface area contributed by atoms with E-state index in [0.717, 1.165) is 11.1 Å². The van der Waals surface area contributed by atoms with Gasteiger partial charge in [0.15, 0.2) is 0 Å². The average molecular weight is 478 g/mol. The molecule has 3 amide bonds. The molecule has 0 saturated carbocycles. The van der Waals surface area contributed by atoms with E-state index in [2.05, 4.69) is 10.6 Å². The second-order valence-electron chi connectivity index (χ2n) is 8.13. The molecule has 4 N–H and O–H groups in total. The Kier molecular flexibility index (Phi) is 8.95. The Morgan fingerprint density at radius 3 is 2.11 bits per heavy atom. The highest BCUT2D eigenvalue weighted by atomic mass is 19.1. The quantitative estimate of drug-likeness (QED) is 0.394. The number of nitrogens with two attached hydrogens (primary N) is 1. The summed E-state index contributed by atoms with van der Waals surface area (Å²) in [6.07, 6.45) is 0.0730. The number of nitrogens with one attached hydrogen (secondary N) is 2. The van der Waals surface area contributed by atoms with Crippen LogP contribution in [-0.4, -0.2) is 29.8 Å². The van der Waals surface area contributed by atoms with Crippen molar-refractivity contribution in [3.8, 4) is 5.75 Å². The first kappa shape index (κ1) is 25.4. The minimum atomic E-state index is -1.07.